The van der Waals surface area contributed by atoms with Crippen molar-refractivity contribution in [3.8, 4) is 0 Å². The van der Waals surface area contributed by atoms with Gasteiger partial charge in [0.15, 0.2) is 0 Å². The zero-order valence-corrected chi connectivity index (χ0v) is 11.5. The van der Waals surface area contributed by atoms with E-state index in [9.17, 15) is 0 Å². The molecule has 1 aliphatic rings. The first-order valence-electron chi connectivity index (χ1n) is 6.33. The molecular weight excluding hydrogens is 264 g/mol. The lowest BCUT2D eigenvalue weighted by Gasteiger charge is -2.31. The minimum Gasteiger partial charge on any atom is -0.390 e. The number of aliphatic hydroxyl groups is 1. The van der Waals surface area contributed by atoms with Crippen molar-refractivity contribution in [1.29, 1.82) is 0 Å². The molecule has 7 nitrogen and oxygen atoms in total. The minimum atomic E-state index is -0.0635. The van der Waals surface area contributed by atoms with E-state index < -0.39 is 0 Å². The molecule has 0 aromatic carbocycles. The number of hydrogen-bond acceptors (Lipinski definition) is 7. The molecule has 19 heavy (non-hydrogen) atoms. The van der Waals surface area contributed by atoms with Crippen molar-refractivity contribution in [2.75, 3.05) is 18.0 Å². The number of anilines is 1. The standard InChI is InChI=1S/C11H16N6OS/c1-8-12-14-11(19-8)16-4-2-3-10(6-16)17-5-9(7-18)13-15-17/h5,10,18H,2-4,6-7H2,1H3. The highest BCUT2D eigenvalue weighted by molar-refractivity contribution is 7.15. The summed E-state index contributed by atoms with van der Waals surface area (Å²) in [4.78, 5) is 2.25. The first-order valence-corrected chi connectivity index (χ1v) is 7.14. The number of aromatic nitrogens is 5. The quantitative estimate of drug-likeness (QED) is 0.894. The fourth-order valence-corrected chi connectivity index (χ4v) is 3.05. The maximum absolute atomic E-state index is 9.04. The highest BCUT2D eigenvalue weighted by Gasteiger charge is 2.24. The van der Waals surface area contributed by atoms with Crippen LogP contribution < -0.4 is 4.90 Å². The summed E-state index contributed by atoms with van der Waals surface area (Å²) in [5, 5.41) is 27.3. The summed E-state index contributed by atoms with van der Waals surface area (Å²) in [7, 11) is 0. The summed E-state index contributed by atoms with van der Waals surface area (Å²) in [6.45, 7) is 3.77. The number of nitrogens with zero attached hydrogens (tertiary/aromatic N) is 6. The molecule has 2 aromatic heterocycles. The molecule has 1 saturated heterocycles. The van der Waals surface area contributed by atoms with E-state index in [2.05, 4.69) is 25.4 Å². The molecule has 2 aromatic rings. The third-order valence-corrected chi connectivity index (χ3v) is 4.18. The number of piperidine rings is 1. The van der Waals surface area contributed by atoms with Gasteiger partial charge in [-0.3, -0.25) is 0 Å². The van der Waals surface area contributed by atoms with Crippen LogP contribution in [-0.4, -0.2) is 43.4 Å². The SMILES string of the molecule is Cc1nnc(N2CCCC(n3cc(CO)nn3)C2)s1. The average molecular weight is 280 g/mol. The van der Waals surface area contributed by atoms with Gasteiger partial charge >= 0.3 is 0 Å². The summed E-state index contributed by atoms with van der Waals surface area (Å²) >= 11 is 1.62. The number of aryl methyl sites for hydroxylation is 1. The Morgan fingerprint density at radius 3 is 3.00 bits per heavy atom. The Bertz CT molecular complexity index is 553. The third kappa shape index (κ3) is 2.59. The lowest BCUT2D eigenvalue weighted by atomic mass is 10.1. The van der Waals surface area contributed by atoms with E-state index >= 15 is 0 Å². The van der Waals surface area contributed by atoms with Crippen LogP contribution >= 0.6 is 11.3 Å². The Balaban J connectivity index is 1.74. The Kier molecular flexibility index (Phi) is 3.43. The van der Waals surface area contributed by atoms with Gasteiger partial charge in [-0.2, -0.15) is 0 Å². The van der Waals surface area contributed by atoms with Crippen LogP contribution in [0.25, 0.3) is 0 Å². The van der Waals surface area contributed by atoms with E-state index in [0.717, 1.165) is 36.1 Å². The zero-order chi connectivity index (χ0) is 13.2. The zero-order valence-electron chi connectivity index (χ0n) is 10.7. The van der Waals surface area contributed by atoms with Crippen LogP contribution in [0, 0.1) is 6.92 Å². The maximum Gasteiger partial charge on any atom is 0.208 e. The molecule has 3 heterocycles. The molecule has 1 aliphatic heterocycles. The predicted molar refractivity (Wildman–Crippen MR) is 71.1 cm³/mol. The summed E-state index contributed by atoms with van der Waals surface area (Å²) in [5.41, 5.74) is 0.615. The van der Waals surface area contributed by atoms with Crippen molar-refractivity contribution < 1.29 is 5.11 Å². The molecule has 8 heteroatoms. The van der Waals surface area contributed by atoms with Gasteiger partial charge in [-0.15, -0.1) is 15.3 Å². The smallest absolute Gasteiger partial charge is 0.208 e. The van der Waals surface area contributed by atoms with Crippen molar-refractivity contribution in [3.63, 3.8) is 0 Å². The normalized spacial score (nSPS) is 19.9. The average Bonchev–Trinajstić information content (AvgIpc) is 3.07. The lowest BCUT2D eigenvalue weighted by Crippen LogP contribution is -2.36. The molecule has 0 radical (unpaired) electrons. The number of hydrogen-bond donors (Lipinski definition) is 1. The van der Waals surface area contributed by atoms with Gasteiger partial charge in [0.25, 0.3) is 0 Å². The van der Waals surface area contributed by atoms with Crippen molar-refractivity contribution in [2.45, 2.75) is 32.4 Å². The fraction of sp³-hybridized carbons (Fsp3) is 0.636. The molecule has 1 N–H and O–H groups in total. The molecule has 1 atom stereocenters. The Hall–Kier alpha value is -1.54. The molecule has 102 valence electrons. The van der Waals surface area contributed by atoms with Crippen LogP contribution in [-0.2, 0) is 6.61 Å². The number of rotatable bonds is 3. The van der Waals surface area contributed by atoms with Crippen LogP contribution in [0.2, 0.25) is 0 Å². The molecular formula is C11H16N6OS. The van der Waals surface area contributed by atoms with Gasteiger partial charge in [0.1, 0.15) is 10.7 Å². The van der Waals surface area contributed by atoms with E-state index in [-0.39, 0.29) is 12.6 Å². The van der Waals surface area contributed by atoms with Crippen molar-refractivity contribution in [2.24, 2.45) is 0 Å². The van der Waals surface area contributed by atoms with Crippen molar-refractivity contribution >= 4 is 16.5 Å². The fourth-order valence-electron chi connectivity index (χ4n) is 2.32. The molecule has 3 rings (SSSR count). The van der Waals surface area contributed by atoms with E-state index in [4.69, 9.17) is 5.11 Å². The van der Waals surface area contributed by atoms with Crippen molar-refractivity contribution in [3.05, 3.63) is 16.9 Å². The largest absolute Gasteiger partial charge is 0.390 e. The molecule has 0 aliphatic carbocycles. The second kappa shape index (κ2) is 5.22. The third-order valence-electron chi connectivity index (χ3n) is 3.28. The monoisotopic (exact) mass is 280 g/mol. The van der Waals surface area contributed by atoms with E-state index in [0.29, 0.717) is 5.69 Å². The first kappa shape index (κ1) is 12.5. The molecule has 1 unspecified atom stereocenters. The highest BCUT2D eigenvalue weighted by atomic mass is 32.1. The maximum atomic E-state index is 9.04. The first-order chi connectivity index (χ1) is 9.26. The van der Waals surface area contributed by atoms with Gasteiger partial charge in [-0.05, 0) is 19.8 Å². The Morgan fingerprint density at radius 2 is 2.32 bits per heavy atom. The summed E-state index contributed by atoms with van der Waals surface area (Å²) < 4.78 is 1.85. The second-order valence-electron chi connectivity index (χ2n) is 4.69. The van der Waals surface area contributed by atoms with Crippen LogP contribution in [0.15, 0.2) is 6.20 Å². The summed E-state index contributed by atoms with van der Waals surface area (Å²) in [5.74, 6) is 0. The van der Waals surface area contributed by atoms with Crippen LogP contribution in [0.3, 0.4) is 0 Å². The van der Waals surface area contributed by atoms with Gasteiger partial charge in [-0.25, -0.2) is 4.68 Å². The van der Waals surface area contributed by atoms with Gasteiger partial charge in [0, 0.05) is 13.1 Å². The van der Waals surface area contributed by atoms with Crippen molar-refractivity contribution in [1.82, 2.24) is 25.2 Å². The van der Waals surface area contributed by atoms with Gasteiger partial charge in [0.2, 0.25) is 5.13 Å². The predicted octanol–water partition coefficient (Wildman–Crippen LogP) is 0.772. The topological polar surface area (TPSA) is 80.0 Å². The molecule has 0 bridgehead atoms. The van der Waals surface area contributed by atoms with E-state index in [1.54, 1.807) is 11.3 Å². The van der Waals surface area contributed by atoms with Gasteiger partial charge in [0.05, 0.1) is 18.8 Å². The second-order valence-corrected chi connectivity index (χ2v) is 5.85. The molecule has 0 saturated carbocycles. The van der Waals surface area contributed by atoms with Gasteiger partial charge < -0.3 is 10.0 Å². The Labute approximate surface area is 114 Å². The summed E-state index contributed by atoms with van der Waals surface area (Å²) in [6.07, 6.45) is 3.99. The number of aliphatic hydroxyl groups excluding tert-OH is 1. The van der Waals surface area contributed by atoms with E-state index in [1.807, 2.05) is 17.8 Å². The molecule has 0 amide bonds. The Morgan fingerprint density at radius 1 is 1.42 bits per heavy atom. The minimum absolute atomic E-state index is 0.0635. The highest BCUT2D eigenvalue weighted by Crippen LogP contribution is 2.27. The molecule has 0 spiro atoms. The van der Waals surface area contributed by atoms with Gasteiger partial charge in [-0.1, -0.05) is 16.6 Å². The molecule has 1 fully saturated rings. The summed E-state index contributed by atoms with van der Waals surface area (Å²) in [6, 6.07) is 0.283. The van der Waals surface area contributed by atoms with E-state index in [1.165, 1.54) is 0 Å². The van der Waals surface area contributed by atoms with Crippen LogP contribution in [0.4, 0.5) is 5.13 Å². The lowest BCUT2D eigenvalue weighted by molar-refractivity contribution is 0.276. The van der Waals surface area contributed by atoms with Crippen LogP contribution in [0.5, 0.6) is 0 Å². The van der Waals surface area contributed by atoms with Crippen LogP contribution in [0.1, 0.15) is 29.6 Å².